The molecule has 0 spiro atoms. The van der Waals surface area contributed by atoms with Gasteiger partial charge in [0.15, 0.2) is 0 Å². The minimum atomic E-state index is -0.0888. The molecular weight excluding hydrogens is 626 g/mol. The third-order valence-corrected chi connectivity index (χ3v) is 9.89. The van der Waals surface area contributed by atoms with Gasteiger partial charge >= 0.3 is 11.9 Å². The van der Waals surface area contributed by atoms with E-state index in [4.69, 9.17) is 18.9 Å². The summed E-state index contributed by atoms with van der Waals surface area (Å²) in [4.78, 5) is 26.7. The third-order valence-electron chi connectivity index (χ3n) is 9.89. The predicted octanol–water partition coefficient (Wildman–Crippen LogP) is 11.6. The predicted molar refractivity (Wildman–Crippen MR) is 211 cm³/mol. The molecule has 0 amide bonds. The zero-order valence-corrected chi connectivity index (χ0v) is 34.3. The maximum absolute atomic E-state index is 12.2. The van der Waals surface area contributed by atoms with E-state index in [9.17, 15) is 9.59 Å². The number of carbonyl (C=O) groups excluding carboxylic acids is 2. The molecule has 0 heterocycles. The van der Waals surface area contributed by atoms with E-state index >= 15 is 0 Å². The molecule has 7 nitrogen and oxygen atoms in total. The van der Waals surface area contributed by atoms with Crippen molar-refractivity contribution in [3.05, 3.63) is 0 Å². The molecule has 3 unspecified atom stereocenters. The molecule has 0 aromatic rings. The molecule has 0 aromatic carbocycles. The molecule has 0 N–H and O–H groups in total. The van der Waals surface area contributed by atoms with E-state index in [0.717, 1.165) is 83.8 Å². The van der Waals surface area contributed by atoms with E-state index in [1.807, 2.05) is 0 Å². The molecule has 0 saturated heterocycles. The first-order valence-electron chi connectivity index (χ1n) is 21.4. The van der Waals surface area contributed by atoms with Crippen molar-refractivity contribution in [2.24, 2.45) is 5.92 Å². The van der Waals surface area contributed by atoms with Gasteiger partial charge in [-0.25, -0.2) is 0 Å². The van der Waals surface area contributed by atoms with Crippen LogP contribution in [0.2, 0.25) is 0 Å². The van der Waals surface area contributed by atoms with E-state index in [1.165, 1.54) is 96.3 Å². The van der Waals surface area contributed by atoms with Gasteiger partial charge in [0.1, 0.15) is 6.61 Å². The van der Waals surface area contributed by atoms with Crippen LogP contribution >= 0.6 is 0 Å². The zero-order chi connectivity index (χ0) is 36.9. The summed E-state index contributed by atoms with van der Waals surface area (Å²) in [6.07, 6.45) is 31.8. The molecule has 0 aliphatic carbocycles. The van der Waals surface area contributed by atoms with Gasteiger partial charge in [0, 0.05) is 26.6 Å². The second-order valence-corrected chi connectivity index (χ2v) is 15.4. The van der Waals surface area contributed by atoms with Crippen molar-refractivity contribution in [3.63, 3.8) is 0 Å². The summed E-state index contributed by atoms with van der Waals surface area (Å²) in [5.41, 5.74) is 0. The minimum absolute atomic E-state index is 0.0211. The van der Waals surface area contributed by atoms with Gasteiger partial charge < -0.3 is 23.8 Å². The molecule has 3 atom stereocenters. The molecule has 7 heteroatoms. The molecule has 0 aromatic heterocycles. The van der Waals surface area contributed by atoms with Crippen LogP contribution in [0.5, 0.6) is 0 Å². The largest absolute Gasteiger partial charge is 0.465 e. The molecule has 0 saturated carbocycles. The molecule has 0 aliphatic heterocycles. The van der Waals surface area contributed by atoms with Gasteiger partial charge in [-0.1, -0.05) is 136 Å². The number of hydrogen-bond donors (Lipinski definition) is 0. The van der Waals surface area contributed by atoms with Crippen molar-refractivity contribution in [1.29, 1.82) is 0 Å². The topological polar surface area (TPSA) is 74.3 Å². The van der Waals surface area contributed by atoms with Crippen molar-refractivity contribution >= 4 is 11.9 Å². The van der Waals surface area contributed by atoms with Crippen LogP contribution in [0.15, 0.2) is 0 Å². The van der Waals surface area contributed by atoms with Crippen LogP contribution in [0, 0.1) is 5.92 Å². The second-order valence-electron chi connectivity index (χ2n) is 15.4. The van der Waals surface area contributed by atoms with Crippen LogP contribution in [0.1, 0.15) is 201 Å². The second kappa shape index (κ2) is 37.6. The van der Waals surface area contributed by atoms with Crippen molar-refractivity contribution in [2.45, 2.75) is 213 Å². The van der Waals surface area contributed by atoms with Crippen molar-refractivity contribution in [2.75, 3.05) is 47.6 Å². The average Bonchev–Trinajstić information content (AvgIpc) is 3.10. The van der Waals surface area contributed by atoms with Crippen LogP contribution < -0.4 is 0 Å². The number of esters is 2. The van der Waals surface area contributed by atoms with Gasteiger partial charge in [-0.2, -0.15) is 0 Å². The summed E-state index contributed by atoms with van der Waals surface area (Å²) in [6.45, 7) is 9.59. The summed E-state index contributed by atoms with van der Waals surface area (Å²) in [7, 11) is 5.97. The molecule has 0 aliphatic rings. The average molecular weight is 712 g/mol. The fourth-order valence-electron chi connectivity index (χ4n) is 6.42. The van der Waals surface area contributed by atoms with E-state index in [0.29, 0.717) is 38.1 Å². The van der Waals surface area contributed by atoms with Crippen LogP contribution in [0.4, 0.5) is 0 Å². The first-order valence-corrected chi connectivity index (χ1v) is 21.4. The standard InChI is InChI=1S/C43H85NO6/c1-7-9-11-15-21-29-39(3)37-49-42(45)33-25-19-13-17-22-30-40(48-36-28-27-35-44(4)5)31-23-18-14-20-26-34-43(46)50-38-41(47-6)32-24-16-12-10-8-2/h39-41H,7-38H2,1-6H3. The van der Waals surface area contributed by atoms with Gasteiger partial charge in [-0.05, 0) is 77.9 Å². The molecule has 0 radical (unpaired) electrons. The Morgan fingerprint density at radius 1 is 0.520 bits per heavy atom. The zero-order valence-electron chi connectivity index (χ0n) is 34.3. The summed E-state index contributed by atoms with van der Waals surface area (Å²) in [6, 6.07) is 0. The van der Waals surface area contributed by atoms with Crippen molar-refractivity contribution in [3.8, 4) is 0 Å². The fraction of sp³-hybridized carbons (Fsp3) is 0.953. The van der Waals surface area contributed by atoms with Gasteiger partial charge in [-0.3, -0.25) is 9.59 Å². The molecule has 298 valence electrons. The Kier molecular flexibility index (Phi) is 36.7. The number of rotatable bonds is 39. The Balaban J connectivity index is 4.08. The third kappa shape index (κ3) is 35.2. The molecule has 50 heavy (non-hydrogen) atoms. The number of unbranched alkanes of at least 4 members (excludes halogenated alkanes) is 17. The number of methoxy groups -OCH3 is 1. The SMILES string of the molecule is CCCCCCCC(C)COC(=O)CCCCCCCC(CCCCCCCC(=O)OCC(CCCCCCC)OC)OCCCCN(C)C. The summed E-state index contributed by atoms with van der Waals surface area (Å²) in [5, 5.41) is 0. The lowest BCUT2D eigenvalue weighted by Gasteiger charge is -2.18. The van der Waals surface area contributed by atoms with Crippen LogP contribution in [0.3, 0.4) is 0 Å². The van der Waals surface area contributed by atoms with Gasteiger partial charge in [-0.15, -0.1) is 0 Å². The monoisotopic (exact) mass is 712 g/mol. The normalized spacial score (nSPS) is 13.4. The van der Waals surface area contributed by atoms with Crippen molar-refractivity contribution in [1.82, 2.24) is 4.90 Å². The highest BCUT2D eigenvalue weighted by molar-refractivity contribution is 5.69. The number of carbonyl (C=O) groups is 2. The summed E-state index contributed by atoms with van der Waals surface area (Å²) >= 11 is 0. The maximum atomic E-state index is 12.2. The summed E-state index contributed by atoms with van der Waals surface area (Å²) in [5.74, 6) is 0.354. The van der Waals surface area contributed by atoms with Gasteiger partial charge in [0.25, 0.3) is 0 Å². The Labute approximate surface area is 311 Å². The number of hydrogen-bond acceptors (Lipinski definition) is 7. The number of nitrogens with zero attached hydrogens (tertiary/aromatic N) is 1. The highest BCUT2D eigenvalue weighted by Crippen LogP contribution is 2.18. The van der Waals surface area contributed by atoms with Crippen LogP contribution in [-0.4, -0.2) is 76.6 Å². The van der Waals surface area contributed by atoms with E-state index in [2.05, 4.69) is 39.8 Å². The van der Waals surface area contributed by atoms with Gasteiger partial charge in [0.2, 0.25) is 0 Å². The highest BCUT2D eigenvalue weighted by atomic mass is 16.6. The molecule has 0 fully saturated rings. The summed E-state index contributed by atoms with van der Waals surface area (Å²) < 4.78 is 23.0. The van der Waals surface area contributed by atoms with Gasteiger partial charge in [0.05, 0.1) is 18.8 Å². The van der Waals surface area contributed by atoms with Crippen molar-refractivity contribution < 1.29 is 28.5 Å². The Morgan fingerprint density at radius 2 is 0.960 bits per heavy atom. The molecule has 0 rings (SSSR count). The Hall–Kier alpha value is -1.18. The first kappa shape index (κ1) is 48.8. The first-order chi connectivity index (χ1) is 24.3. The fourth-order valence-corrected chi connectivity index (χ4v) is 6.42. The lowest BCUT2D eigenvalue weighted by Crippen LogP contribution is -2.20. The van der Waals surface area contributed by atoms with E-state index in [-0.39, 0.29) is 18.0 Å². The Morgan fingerprint density at radius 3 is 1.46 bits per heavy atom. The van der Waals surface area contributed by atoms with Crippen LogP contribution in [0.25, 0.3) is 0 Å². The molecular formula is C43H85NO6. The Bertz CT molecular complexity index is 732. The number of ether oxygens (including phenoxy) is 4. The smallest absolute Gasteiger partial charge is 0.305 e. The molecule has 0 bridgehead atoms. The lowest BCUT2D eigenvalue weighted by atomic mass is 10.0. The van der Waals surface area contributed by atoms with E-state index < -0.39 is 0 Å². The maximum Gasteiger partial charge on any atom is 0.305 e. The minimum Gasteiger partial charge on any atom is -0.465 e. The lowest BCUT2D eigenvalue weighted by molar-refractivity contribution is -0.147. The highest BCUT2D eigenvalue weighted by Gasteiger charge is 2.13. The van der Waals surface area contributed by atoms with E-state index in [1.54, 1.807) is 7.11 Å². The quantitative estimate of drug-likeness (QED) is 0.0464. The van der Waals surface area contributed by atoms with Crippen LogP contribution in [-0.2, 0) is 28.5 Å².